The Morgan fingerprint density at radius 3 is 2.57 bits per heavy atom. The minimum absolute atomic E-state index is 0.0233. The van der Waals surface area contributed by atoms with Gasteiger partial charge < -0.3 is 24.4 Å². The van der Waals surface area contributed by atoms with E-state index in [-0.39, 0.29) is 5.70 Å². The number of carbonyl (C=O) groups is 2. The summed E-state index contributed by atoms with van der Waals surface area (Å²) >= 11 is 0. The molecule has 1 aromatic rings. The Bertz CT molecular complexity index is 569. The Hall–Kier alpha value is -2.54. The molecule has 0 fully saturated rings. The number of carbonyl (C=O) groups excluding carboxylic acids is 2. The molecule has 0 aliphatic rings. The van der Waals surface area contributed by atoms with Crippen molar-refractivity contribution >= 4 is 17.6 Å². The predicted octanol–water partition coefficient (Wildman–Crippen LogP) is 1.27. The highest BCUT2D eigenvalue weighted by atomic mass is 16.5. The maximum absolute atomic E-state index is 11.7. The van der Waals surface area contributed by atoms with Crippen LogP contribution in [0.25, 0.3) is 0 Å². The van der Waals surface area contributed by atoms with Crippen molar-refractivity contribution < 1.29 is 23.8 Å². The van der Waals surface area contributed by atoms with E-state index in [2.05, 4.69) is 14.8 Å². The van der Waals surface area contributed by atoms with Gasteiger partial charge in [0.25, 0.3) is 0 Å². The molecule has 1 N–H and O–H groups in total. The zero-order valence-corrected chi connectivity index (χ0v) is 13.8. The van der Waals surface area contributed by atoms with Gasteiger partial charge in [-0.1, -0.05) is 6.07 Å². The van der Waals surface area contributed by atoms with Crippen LogP contribution >= 0.6 is 0 Å². The van der Waals surface area contributed by atoms with Crippen LogP contribution in [0, 0.1) is 0 Å². The van der Waals surface area contributed by atoms with Gasteiger partial charge in [0.2, 0.25) is 0 Å². The summed E-state index contributed by atoms with van der Waals surface area (Å²) in [6, 6.07) is 7.06. The monoisotopic (exact) mass is 322 g/mol. The molecule has 0 unspecified atom stereocenters. The first-order valence-corrected chi connectivity index (χ1v) is 6.99. The summed E-state index contributed by atoms with van der Waals surface area (Å²) in [4.78, 5) is 25.0. The Morgan fingerprint density at radius 1 is 1.22 bits per heavy atom. The van der Waals surface area contributed by atoms with E-state index < -0.39 is 11.9 Å². The molecule has 0 aliphatic heterocycles. The van der Waals surface area contributed by atoms with Gasteiger partial charge in [0.05, 0.1) is 20.3 Å². The van der Waals surface area contributed by atoms with Gasteiger partial charge in [-0.25, -0.2) is 9.59 Å². The maximum atomic E-state index is 11.7. The molecule has 7 nitrogen and oxygen atoms in total. The Labute approximate surface area is 135 Å². The number of anilines is 1. The van der Waals surface area contributed by atoms with Crippen LogP contribution in [0.1, 0.15) is 0 Å². The maximum Gasteiger partial charge on any atom is 0.354 e. The van der Waals surface area contributed by atoms with E-state index in [1.165, 1.54) is 14.2 Å². The molecular formula is C16H22N2O5. The molecule has 23 heavy (non-hydrogen) atoms. The van der Waals surface area contributed by atoms with Gasteiger partial charge in [0.15, 0.2) is 0 Å². The smallest absolute Gasteiger partial charge is 0.354 e. The number of rotatable bonds is 8. The Kier molecular flexibility index (Phi) is 7.62. The van der Waals surface area contributed by atoms with Gasteiger partial charge >= 0.3 is 11.9 Å². The molecule has 0 aliphatic carbocycles. The number of esters is 2. The van der Waals surface area contributed by atoms with Crippen molar-refractivity contribution in [2.75, 3.05) is 46.8 Å². The van der Waals surface area contributed by atoms with Crippen LogP contribution in [0.15, 0.2) is 36.0 Å². The number of methoxy groups -OCH3 is 2. The SMILES string of the molecule is COC(=O)/C=C(/Nc1cccc(OCCN(C)C)c1)C(=O)OC. The Morgan fingerprint density at radius 2 is 1.96 bits per heavy atom. The van der Waals surface area contributed by atoms with E-state index in [1.807, 2.05) is 25.1 Å². The summed E-state index contributed by atoms with van der Waals surface area (Å²) < 4.78 is 14.8. The van der Waals surface area contributed by atoms with Crippen molar-refractivity contribution in [3.8, 4) is 5.75 Å². The lowest BCUT2D eigenvalue weighted by Gasteiger charge is -2.13. The summed E-state index contributed by atoms with van der Waals surface area (Å²) in [5, 5.41) is 2.83. The normalized spacial score (nSPS) is 11.1. The van der Waals surface area contributed by atoms with Crippen molar-refractivity contribution in [2.24, 2.45) is 0 Å². The van der Waals surface area contributed by atoms with Gasteiger partial charge in [-0.05, 0) is 26.2 Å². The average Bonchev–Trinajstić information content (AvgIpc) is 2.53. The fourth-order valence-electron chi connectivity index (χ4n) is 1.60. The van der Waals surface area contributed by atoms with E-state index in [1.54, 1.807) is 18.2 Å². The average molecular weight is 322 g/mol. The van der Waals surface area contributed by atoms with Gasteiger partial charge in [0, 0.05) is 18.3 Å². The largest absolute Gasteiger partial charge is 0.492 e. The van der Waals surface area contributed by atoms with Crippen LogP contribution in [-0.2, 0) is 19.1 Å². The summed E-state index contributed by atoms with van der Waals surface area (Å²) in [5.74, 6) is -0.676. The first-order chi connectivity index (χ1) is 11.0. The van der Waals surface area contributed by atoms with Crippen LogP contribution in [0.3, 0.4) is 0 Å². The number of ether oxygens (including phenoxy) is 3. The first-order valence-electron chi connectivity index (χ1n) is 6.99. The van der Waals surface area contributed by atoms with E-state index in [0.717, 1.165) is 12.6 Å². The van der Waals surface area contributed by atoms with E-state index in [4.69, 9.17) is 4.74 Å². The number of nitrogens with zero attached hydrogens (tertiary/aromatic N) is 1. The van der Waals surface area contributed by atoms with Crippen molar-refractivity contribution in [3.05, 3.63) is 36.0 Å². The van der Waals surface area contributed by atoms with E-state index in [0.29, 0.717) is 18.0 Å². The van der Waals surface area contributed by atoms with Gasteiger partial charge in [-0.3, -0.25) is 0 Å². The molecule has 7 heteroatoms. The third-order valence-corrected chi connectivity index (χ3v) is 2.79. The molecule has 0 spiro atoms. The fourth-order valence-corrected chi connectivity index (χ4v) is 1.60. The zero-order chi connectivity index (χ0) is 17.2. The molecule has 0 heterocycles. The van der Waals surface area contributed by atoms with Crippen LogP contribution in [0.2, 0.25) is 0 Å². The molecule has 126 valence electrons. The highest BCUT2D eigenvalue weighted by Crippen LogP contribution is 2.19. The van der Waals surface area contributed by atoms with Crippen molar-refractivity contribution in [1.82, 2.24) is 4.90 Å². The second kappa shape index (κ2) is 9.47. The Balaban J connectivity index is 2.82. The topological polar surface area (TPSA) is 77.1 Å². The zero-order valence-electron chi connectivity index (χ0n) is 13.8. The molecule has 0 amide bonds. The van der Waals surface area contributed by atoms with Crippen LogP contribution in [0.4, 0.5) is 5.69 Å². The van der Waals surface area contributed by atoms with Crippen LogP contribution < -0.4 is 10.1 Å². The quantitative estimate of drug-likeness (QED) is 0.570. The molecule has 1 aromatic carbocycles. The minimum Gasteiger partial charge on any atom is -0.492 e. The number of hydrogen-bond donors (Lipinski definition) is 1. The first kappa shape index (κ1) is 18.5. The number of benzene rings is 1. The molecule has 0 radical (unpaired) electrons. The van der Waals surface area contributed by atoms with E-state index in [9.17, 15) is 9.59 Å². The number of hydrogen-bond acceptors (Lipinski definition) is 7. The van der Waals surface area contributed by atoms with Crippen LogP contribution in [-0.4, -0.2) is 58.3 Å². The highest BCUT2D eigenvalue weighted by Gasteiger charge is 2.13. The summed E-state index contributed by atoms with van der Waals surface area (Å²) in [5.41, 5.74) is 0.567. The molecule has 0 saturated carbocycles. The predicted molar refractivity (Wildman–Crippen MR) is 86.2 cm³/mol. The highest BCUT2D eigenvalue weighted by molar-refractivity contribution is 5.98. The lowest BCUT2D eigenvalue weighted by Crippen LogP contribution is -2.19. The minimum atomic E-state index is -0.672. The van der Waals surface area contributed by atoms with Gasteiger partial charge in [-0.15, -0.1) is 0 Å². The van der Waals surface area contributed by atoms with Crippen molar-refractivity contribution in [2.45, 2.75) is 0 Å². The lowest BCUT2D eigenvalue weighted by atomic mass is 10.2. The number of likely N-dealkylation sites (N-methyl/N-ethyl adjacent to an activating group) is 1. The summed E-state index contributed by atoms with van der Waals surface area (Å²) in [6.07, 6.45) is 1.03. The van der Waals surface area contributed by atoms with Crippen LogP contribution in [0.5, 0.6) is 5.75 Å². The second-order valence-electron chi connectivity index (χ2n) is 4.88. The van der Waals surface area contributed by atoms with Crippen molar-refractivity contribution in [1.29, 1.82) is 0 Å². The molecule has 0 aromatic heterocycles. The fraction of sp³-hybridized carbons (Fsp3) is 0.375. The van der Waals surface area contributed by atoms with Gasteiger partial charge in [-0.2, -0.15) is 0 Å². The molecule has 0 atom stereocenters. The summed E-state index contributed by atoms with van der Waals surface area (Å²) in [7, 11) is 6.38. The molecule has 1 rings (SSSR count). The molecule has 0 bridgehead atoms. The molecule has 0 saturated heterocycles. The lowest BCUT2D eigenvalue weighted by molar-refractivity contribution is -0.138. The molecular weight excluding hydrogens is 300 g/mol. The van der Waals surface area contributed by atoms with Crippen molar-refractivity contribution in [3.63, 3.8) is 0 Å². The second-order valence-corrected chi connectivity index (χ2v) is 4.88. The number of nitrogens with one attached hydrogen (secondary N) is 1. The van der Waals surface area contributed by atoms with Gasteiger partial charge in [0.1, 0.15) is 18.1 Å². The third-order valence-electron chi connectivity index (χ3n) is 2.79. The third kappa shape index (κ3) is 6.84. The van der Waals surface area contributed by atoms with E-state index >= 15 is 0 Å². The summed E-state index contributed by atoms with van der Waals surface area (Å²) in [6.45, 7) is 1.33. The standard InChI is InChI=1S/C16H22N2O5/c1-18(2)8-9-23-13-7-5-6-12(10-13)17-14(16(20)22-4)11-15(19)21-3/h5-7,10-11,17H,8-9H2,1-4H3/b14-11+.